The van der Waals surface area contributed by atoms with Crippen LogP contribution in [0.25, 0.3) is 147 Å². The smallest absolute Gasteiger partial charge is 0.0619 e. The Morgan fingerprint density at radius 3 is 1.06 bits per heavy atom. The van der Waals surface area contributed by atoms with Crippen LogP contribution in [0.4, 0.5) is 0 Å². The maximum atomic E-state index is 2.50. The first-order valence-electron chi connectivity index (χ1n) is 23.3. The molecule has 308 valence electrons. The zero-order valence-corrected chi connectivity index (χ0v) is 36.5. The van der Waals surface area contributed by atoms with E-state index in [0.29, 0.717) is 0 Å². The van der Waals surface area contributed by atoms with E-state index in [1.807, 2.05) is 0 Å². The van der Waals surface area contributed by atoms with Crippen LogP contribution in [-0.2, 0) is 0 Å². The van der Waals surface area contributed by atoms with Gasteiger partial charge in [0.15, 0.2) is 0 Å². The fraction of sp³-hybridized carbons (Fsp3) is 0. The zero-order chi connectivity index (χ0) is 43.7. The summed E-state index contributed by atoms with van der Waals surface area (Å²) in [7, 11) is 0. The molecule has 0 atom stereocenters. The van der Waals surface area contributed by atoms with Crippen LogP contribution in [0.1, 0.15) is 0 Å². The molecule has 0 saturated heterocycles. The van der Waals surface area contributed by atoms with Crippen molar-refractivity contribution in [1.29, 1.82) is 0 Å². The highest BCUT2D eigenvalue weighted by atomic mass is 15.0. The van der Waals surface area contributed by atoms with Gasteiger partial charge < -0.3 is 4.57 Å². The first kappa shape index (κ1) is 36.5. The van der Waals surface area contributed by atoms with E-state index in [0.717, 1.165) is 5.69 Å². The average Bonchev–Trinajstić information content (AvgIpc) is 3.74. The number of hydrogen-bond donors (Lipinski definition) is 0. The molecular weight excluding hydrogens is 807 g/mol. The molecule has 14 aromatic carbocycles. The lowest BCUT2D eigenvalue weighted by atomic mass is 9.87. The summed E-state index contributed by atoms with van der Waals surface area (Å²) in [5, 5.41) is 20.6. The van der Waals surface area contributed by atoms with E-state index >= 15 is 0 Å². The van der Waals surface area contributed by atoms with Gasteiger partial charge in [-0.05, 0) is 139 Å². The van der Waals surface area contributed by atoms with Crippen LogP contribution < -0.4 is 0 Å². The molecule has 0 aliphatic heterocycles. The number of fused-ring (bicyclic) bond motifs is 5. The van der Waals surface area contributed by atoms with Crippen molar-refractivity contribution < 1.29 is 0 Å². The zero-order valence-electron chi connectivity index (χ0n) is 36.5. The predicted molar refractivity (Wildman–Crippen MR) is 287 cm³/mol. The monoisotopic (exact) mass is 845 g/mol. The van der Waals surface area contributed by atoms with E-state index < -0.39 is 0 Å². The summed E-state index contributed by atoms with van der Waals surface area (Å²) in [5.74, 6) is 0. The standard InChI is InChI=1S/C66H39N/c1-4-10-40(11-5-1)50-27-16-42-22-35-58-52(29-18-44-20-33-56(50)62(42)64(44)58)46-24-31-54-47(38-46)26-37-60-55-32-25-48(39-61(55)67(66(54)60)49-14-8-3-9-15-49)53-30-19-45-21-34-57-51(41-12-6-2-7-13-41)28-17-43-23-36-59(53)65(45)63(43)57/h1-39H. The molecule has 15 aromatic rings. The van der Waals surface area contributed by atoms with Crippen molar-refractivity contribution >= 4 is 97.2 Å². The molecule has 0 saturated carbocycles. The molecule has 0 aliphatic rings. The third-order valence-electron chi connectivity index (χ3n) is 14.9. The maximum Gasteiger partial charge on any atom is 0.0619 e. The lowest BCUT2D eigenvalue weighted by Gasteiger charge is -2.17. The molecule has 0 aliphatic carbocycles. The lowest BCUT2D eigenvalue weighted by molar-refractivity contribution is 1.19. The Kier molecular flexibility index (Phi) is 7.56. The summed E-state index contributed by atoms with van der Waals surface area (Å²) in [6.07, 6.45) is 0. The normalized spacial score (nSPS) is 12.2. The van der Waals surface area contributed by atoms with Gasteiger partial charge in [-0.2, -0.15) is 0 Å². The molecular formula is C66H39N. The van der Waals surface area contributed by atoms with Gasteiger partial charge in [0.1, 0.15) is 0 Å². The Hall–Kier alpha value is -8.78. The van der Waals surface area contributed by atoms with Gasteiger partial charge in [-0.3, -0.25) is 0 Å². The highest BCUT2D eigenvalue weighted by Crippen LogP contribution is 2.46. The Morgan fingerprint density at radius 1 is 0.224 bits per heavy atom. The van der Waals surface area contributed by atoms with Crippen LogP contribution >= 0.6 is 0 Å². The molecule has 0 amide bonds. The van der Waals surface area contributed by atoms with Gasteiger partial charge in [0.05, 0.1) is 11.0 Å². The highest BCUT2D eigenvalue weighted by molar-refractivity contribution is 6.29. The van der Waals surface area contributed by atoms with Gasteiger partial charge in [0.2, 0.25) is 0 Å². The van der Waals surface area contributed by atoms with Crippen molar-refractivity contribution in [3.8, 4) is 50.2 Å². The van der Waals surface area contributed by atoms with Gasteiger partial charge in [0.25, 0.3) is 0 Å². The maximum absolute atomic E-state index is 2.50. The third-order valence-corrected chi connectivity index (χ3v) is 14.9. The minimum Gasteiger partial charge on any atom is -0.309 e. The largest absolute Gasteiger partial charge is 0.309 e. The summed E-state index contributed by atoms with van der Waals surface area (Å²) in [5.41, 5.74) is 13.6. The molecule has 15 rings (SSSR count). The Labute approximate surface area is 386 Å². The minimum atomic E-state index is 1.15. The van der Waals surface area contributed by atoms with Crippen LogP contribution in [0.5, 0.6) is 0 Å². The van der Waals surface area contributed by atoms with Crippen molar-refractivity contribution in [2.45, 2.75) is 0 Å². The molecule has 0 spiro atoms. The summed E-state index contributed by atoms with van der Waals surface area (Å²) in [6.45, 7) is 0. The summed E-state index contributed by atoms with van der Waals surface area (Å²) in [6, 6.07) is 88.4. The van der Waals surface area contributed by atoms with Crippen molar-refractivity contribution in [3.63, 3.8) is 0 Å². The van der Waals surface area contributed by atoms with Gasteiger partial charge in [-0.25, -0.2) is 0 Å². The van der Waals surface area contributed by atoms with Crippen LogP contribution in [0.3, 0.4) is 0 Å². The Balaban J connectivity index is 0.920. The molecule has 1 aromatic heterocycles. The minimum absolute atomic E-state index is 1.15. The van der Waals surface area contributed by atoms with Gasteiger partial charge >= 0.3 is 0 Å². The van der Waals surface area contributed by atoms with E-state index in [-0.39, 0.29) is 0 Å². The first-order chi connectivity index (χ1) is 33.2. The van der Waals surface area contributed by atoms with Gasteiger partial charge in [-0.15, -0.1) is 0 Å². The second-order valence-corrected chi connectivity index (χ2v) is 18.3. The predicted octanol–water partition coefficient (Wildman–Crippen LogP) is 18.4. The van der Waals surface area contributed by atoms with Gasteiger partial charge in [-0.1, -0.05) is 212 Å². The molecule has 1 heterocycles. The van der Waals surface area contributed by atoms with E-state index in [2.05, 4.69) is 241 Å². The van der Waals surface area contributed by atoms with Crippen molar-refractivity contribution in [3.05, 3.63) is 237 Å². The lowest BCUT2D eigenvalue weighted by Crippen LogP contribution is -1.95. The summed E-state index contributed by atoms with van der Waals surface area (Å²) >= 11 is 0. The number of nitrogens with zero attached hydrogens (tertiary/aromatic N) is 1. The second kappa shape index (κ2) is 13.9. The quantitative estimate of drug-likeness (QED) is 0.152. The summed E-state index contributed by atoms with van der Waals surface area (Å²) < 4.78 is 2.50. The SMILES string of the molecule is c1ccc(-c2ccc3ccc4c(-c5ccc6c(ccc7c8ccc(-c9ccc%10ccc%11c(-c%12ccccc%12)ccc%12ccc9c%10c%12%11)cc8n(-c8ccccc8)c67)c5)ccc5ccc2c3c54)cc1. The van der Waals surface area contributed by atoms with Crippen molar-refractivity contribution in [2.24, 2.45) is 0 Å². The fourth-order valence-corrected chi connectivity index (χ4v) is 11.9. The topological polar surface area (TPSA) is 4.93 Å². The van der Waals surface area contributed by atoms with Crippen LogP contribution in [0, 0.1) is 0 Å². The third kappa shape index (κ3) is 5.25. The molecule has 0 unspecified atom stereocenters. The number of aromatic nitrogens is 1. The molecule has 0 N–H and O–H groups in total. The number of para-hydroxylation sites is 1. The number of benzene rings is 14. The van der Waals surface area contributed by atoms with Crippen molar-refractivity contribution in [2.75, 3.05) is 0 Å². The Bertz CT molecular complexity index is 4470. The van der Waals surface area contributed by atoms with Gasteiger partial charge in [0, 0.05) is 21.8 Å². The van der Waals surface area contributed by atoms with Crippen LogP contribution in [0.15, 0.2) is 237 Å². The van der Waals surface area contributed by atoms with E-state index in [1.165, 1.54) is 142 Å². The molecule has 67 heavy (non-hydrogen) atoms. The summed E-state index contributed by atoms with van der Waals surface area (Å²) in [4.78, 5) is 0. The second-order valence-electron chi connectivity index (χ2n) is 18.3. The van der Waals surface area contributed by atoms with Crippen molar-refractivity contribution in [1.82, 2.24) is 4.57 Å². The molecule has 1 heteroatoms. The fourth-order valence-electron chi connectivity index (χ4n) is 11.9. The first-order valence-corrected chi connectivity index (χ1v) is 23.3. The van der Waals surface area contributed by atoms with E-state index in [4.69, 9.17) is 0 Å². The molecule has 1 nitrogen and oxygen atoms in total. The van der Waals surface area contributed by atoms with E-state index in [1.54, 1.807) is 0 Å². The molecule has 0 fully saturated rings. The average molecular weight is 846 g/mol. The van der Waals surface area contributed by atoms with Crippen LogP contribution in [0.2, 0.25) is 0 Å². The van der Waals surface area contributed by atoms with E-state index in [9.17, 15) is 0 Å². The highest BCUT2D eigenvalue weighted by Gasteiger charge is 2.20. The van der Waals surface area contributed by atoms with Crippen LogP contribution in [-0.4, -0.2) is 4.57 Å². The molecule has 0 bridgehead atoms. The molecule has 0 radical (unpaired) electrons. The number of rotatable bonds is 5. The Morgan fingerprint density at radius 2 is 0.582 bits per heavy atom. The number of hydrogen-bond acceptors (Lipinski definition) is 0.